The first kappa shape index (κ1) is 18.5. The number of amides is 1. The highest BCUT2D eigenvalue weighted by Gasteiger charge is 2.30. The first-order valence-electron chi connectivity index (χ1n) is 8.14. The van der Waals surface area contributed by atoms with Crippen molar-refractivity contribution in [2.45, 2.75) is 6.18 Å². The zero-order valence-electron chi connectivity index (χ0n) is 14.2. The van der Waals surface area contributed by atoms with Crippen molar-refractivity contribution >= 4 is 23.2 Å². The maximum atomic E-state index is 12.7. The van der Waals surface area contributed by atoms with Crippen molar-refractivity contribution < 1.29 is 18.0 Å². The molecule has 1 aliphatic rings. The van der Waals surface area contributed by atoms with Gasteiger partial charge < -0.3 is 15.1 Å². The number of alkyl halides is 3. The van der Waals surface area contributed by atoms with Gasteiger partial charge in [-0.15, -0.1) is 6.42 Å². The van der Waals surface area contributed by atoms with E-state index in [-0.39, 0.29) is 5.91 Å². The summed E-state index contributed by atoms with van der Waals surface area (Å²) in [4.78, 5) is 23.7. The standard InChI is InChI=1S/C18H16F3N5O/c1-2-15(27)25-9-11-26(12-10-25)17-16(22-7-8-23-17)24-14-5-3-13(4-6-14)18(19,20)21/h1,3-8H,9-12H2,(H,22,24). The van der Waals surface area contributed by atoms with E-state index in [2.05, 4.69) is 21.2 Å². The molecule has 0 spiro atoms. The number of halogens is 3. The molecule has 2 aromatic rings. The Morgan fingerprint density at radius 3 is 2.30 bits per heavy atom. The molecular formula is C18H16F3N5O. The summed E-state index contributed by atoms with van der Waals surface area (Å²) in [6, 6.07) is 4.68. The van der Waals surface area contributed by atoms with Crippen LogP contribution in [0.2, 0.25) is 0 Å². The number of nitrogens with one attached hydrogen (secondary N) is 1. The third kappa shape index (κ3) is 4.28. The number of piperazine rings is 1. The molecule has 27 heavy (non-hydrogen) atoms. The van der Waals surface area contributed by atoms with E-state index in [0.29, 0.717) is 43.5 Å². The Morgan fingerprint density at radius 2 is 1.70 bits per heavy atom. The maximum absolute atomic E-state index is 12.7. The molecule has 1 saturated heterocycles. The van der Waals surface area contributed by atoms with Crippen LogP contribution in [0.25, 0.3) is 0 Å². The van der Waals surface area contributed by atoms with E-state index in [4.69, 9.17) is 6.42 Å². The lowest BCUT2D eigenvalue weighted by Gasteiger charge is -2.34. The van der Waals surface area contributed by atoms with E-state index >= 15 is 0 Å². The highest BCUT2D eigenvalue weighted by Crippen LogP contribution is 2.31. The van der Waals surface area contributed by atoms with Crippen molar-refractivity contribution in [1.82, 2.24) is 14.9 Å². The summed E-state index contributed by atoms with van der Waals surface area (Å²) in [6.45, 7) is 1.96. The number of hydrogen-bond acceptors (Lipinski definition) is 5. The molecule has 1 aromatic heterocycles. The highest BCUT2D eigenvalue weighted by atomic mass is 19.4. The van der Waals surface area contributed by atoms with E-state index in [0.717, 1.165) is 12.1 Å². The van der Waals surface area contributed by atoms with Crippen molar-refractivity contribution in [2.24, 2.45) is 0 Å². The van der Waals surface area contributed by atoms with Crippen molar-refractivity contribution in [3.63, 3.8) is 0 Å². The second-order valence-electron chi connectivity index (χ2n) is 5.85. The van der Waals surface area contributed by atoms with Crippen LogP contribution >= 0.6 is 0 Å². The molecule has 0 aliphatic carbocycles. The Hall–Kier alpha value is -3.28. The zero-order valence-corrected chi connectivity index (χ0v) is 14.2. The molecule has 0 unspecified atom stereocenters. The van der Waals surface area contributed by atoms with Gasteiger partial charge in [-0.05, 0) is 30.2 Å². The van der Waals surface area contributed by atoms with Crippen molar-refractivity contribution in [3.8, 4) is 12.3 Å². The molecule has 1 N–H and O–H groups in total. The Bertz CT molecular complexity index is 853. The Labute approximate surface area is 154 Å². The average molecular weight is 375 g/mol. The van der Waals surface area contributed by atoms with Gasteiger partial charge in [0.1, 0.15) is 0 Å². The third-order valence-corrected chi connectivity index (χ3v) is 4.14. The van der Waals surface area contributed by atoms with E-state index in [9.17, 15) is 18.0 Å². The third-order valence-electron chi connectivity index (χ3n) is 4.14. The predicted octanol–water partition coefficient (Wildman–Crippen LogP) is 2.52. The average Bonchev–Trinajstić information content (AvgIpc) is 2.68. The first-order valence-corrected chi connectivity index (χ1v) is 8.14. The molecule has 2 heterocycles. The molecule has 140 valence electrons. The number of aromatic nitrogens is 2. The number of benzene rings is 1. The minimum Gasteiger partial charge on any atom is -0.350 e. The lowest BCUT2D eigenvalue weighted by Crippen LogP contribution is -2.48. The van der Waals surface area contributed by atoms with Gasteiger partial charge in [-0.1, -0.05) is 0 Å². The highest BCUT2D eigenvalue weighted by molar-refractivity contribution is 5.93. The summed E-state index contributed by atoms with van der Waals surface area (Å²) in [5, 5.41) is 3.00. The second-order valence-corrected chi connectivity index (χ2v) is 5.85. The lowest BCUT2D eigenvalue weighted by atomic mass is 10.2. The lowest BCUT2D eigenvalue weighted by molar-refractivity contribution is -0.137. The van der Waals surface area contributed by atoms with Gasteiger partial charge in [0.15, 0.2) is 11.6 Å². The first-order chi connectivity index (χ1) is 12.9. The van der Waals surface area contributed by atoms with Crippen LogP contribution in [-0.4, -0.2) is 47.0 Å². The fourth-order valence-corrected chi connectivity index (χ4v) is 2.74. The molecule has 1 aliphatic heterocycles. The fraction of sp³-hybridized carbons (Fsp3) is 0.278. The molecule has 6 nitrogen and oxygen atoms in total. The van der Waals surface area contributed by atoms with Gasteiger partial charge in [0.25, 0.3) is 5.91 Å². The smallest absolute Gasteiger partial charge is 0.350 e. The Balaban J connectivity index is 1.73. The van der Waals surface area contributed by atoms with Gasteiger partial charge in [0.2, 0.25) is 0 Å². The largest absolute Gasteiger partial charge is 0.416 e. The SMILES string of the molecule is C#CC(=O)N1CCN(c2nccnc2Nc2ccc(C(F)(F)F)cc2)CC1. The molecule has 0 atom stereocenters. The summed E-state index contributed by atoms with van der Waals surface area (Å²) in [5.41, 5.74) is -0.257. The van der Waals surface area contributed by atoms with Crippen LogP contribution < -0.4 is 10.2 Å². The van der Waals surface area contributed by atoms with Crippen molar-refractivity contribution in [2.75, 3.05) is 36.4 Å². The van der Waals surface area contributed by atoms with Crippen LogP contribution in [0.3, 0.4) is 0 Å². The molecule has 1 amide bonds. The Kier molecular flexibility index (Phi) is 5.16. The summed E-state index contributed by atoms with van der Waals surface area (Å²) in [5.74, 6) is 2.73. The molecule has 0 bridgehead atoms. The van der Waals surface area contributed by atoms with Crippen LogP contribution in [0.4, 0.5) is 30.5 Å². The maximum Gasteiger partial charge on any atom is 0.416 e. The quantitative estimate of drug-likeness (QED) is 0.836. The van der Waals surface area contributed by atoms with E-state index in [1.807, 2.05) is 4.90 Å². The summed E-state index contributed by atoms with van der Waals surface area (Å²) >= 11 is 0. The normalized spacial score (nSPS) is 14.6. The molecule has 1 aromatic carbocycles. The second kappa shape index (κ2) is 7.53. The number of carbonyl (C=O) groups excluding carboxylic acids is 1. The van der Waals surface area contributed by atoms with E-state index < -0.39 is 11.7 Å². The van der Waals surface area contributed by atoms with Crippen LogP contribution in [0.5, 0.6) is 0 Å². The van der Waals surface area contributed by atoms with Gasteiger partial charge in [-0.2, -0.15) is 13.2 Å². The van der Waals surface area contributed by atoms with Crippen LogP contribution in [0, 0.1) is 12.3 Å². The summed E-state index contributed by atoms with van der Waals surface area (Å²) in [6.07, 6.45) is 3.78. The van der Waals surface area contributed by atoms with Gasteiger partial charge in [0.05, 0.1) is 5.56 Å². The molecule has 3 rings (SSSR count). The number of rotatable bonds is 3. The van der Waals surface area contributed by atoms with Gasteiger partial charge >= 0.3 is 6.18 Å². The van der Waals surface area contributed by atoms with Crippen molar-refractivity contribution in [1.29, 1.82) is 0 Å². The molecule has 9 heteroatoms. The van der Waals surface area contributed by atoms with E-state index in [1.54, 1.807) is 4.90 Å². The van der Waals surface area contributed by atoms with E-state index in [1.165, 1.54) is 24.5 Å². The number of anilines is 3. The predicted molar refractivity (Wildman–Crippen MR) is 94.4 cm³/mol. The molecule has 1 fully saturated rings. The number of hydrogen-bond donors (Lipinski definition) is 1. The number of nitrogens with zero attached hydrogens (tertiary/aromatic N) is 4. The molecule has 0 saturated carbocycles. The fourth-order valence-electron chi connectivity index (χ4n) is 2.74. The van der Waals surface area contributed by atoms with Crippen LogP contribution in [0.1, 0.15) is 5.56 Å². The molecular weight excluding hydrogens is 359 g/mol. The molecule has 0 radical (unpaired) electrons. The number of terminal acetylenes is 1. The zero-order chi connectivity index (χ0) is 19.4. The van der Waals surface area contributed by atoms with Crippen LogP contribution in [-0.2, 0) is 11.0 Å². The minimum atomic E-state index is -4.38. The van der Waals surface area contributed by atoms with Crippen LogP contribution in [0.15, 0.2) is 36.7 Å². The Morgan fingerprint density at radius 1 is 1.07 bits per heavy atom. The van der Waals surface area contributed by atoms with Gasteiger partial charge in [-0.25, -0.2) is 9.97 Å². The number of carbonyl (C=O) groups is 1. The summed E-state index contributed by atoms with van der Waals surface area (Å²) in [7, 11) is 0. The topological polar surface area (TPSA) is 61.4 Å². The minimum absolute atomic E-state index is 0.350. The van der Waals surface area contributed by atoms with Crippen molar-refractivity contribution in [3.05, 3.63) is 42.2 Å². The monoisotopic (exact) mass is 375 g/mol. The summed E-state index contributed by atoms with van der Waals surface area (Å²) < 4.78 is 38.0. The van der Waals surface area contributed by atoms with Gasteiger partial charge in [0, 0.05) is 44.3 Å². The van der Waals surface area contributed by atoms with Gasteiger partial charge in [-0.3, -0.25) is 4.79 Å².